The van der Waals surface area contributed by atoms with Gasteiger partial charge in [0.15, 0.2) is 5.54 Å². The first kappa shape index (κ1) is 13.5. The van der Waals surface area contributed by atoms with Gasteiger partial charge in [-0.05, 0) is 38.5 Å². The molecule has 0 N–H and O–H groups in total. The van der Waals surface area contributed by atoms with Crippen LogP contribution in [0.3, 0.4) is 0 Å². The zero-order valence-electron chi connectivity index (χ0n) is 11.4. The first-order valence-electron chi connectivity index (χ1n) is 7.68. The third-order valence-corrected chi connectivity index (χ3v) is 4.38. The second-order valence-electron chi connectivity index (χ2n) is 5.92. The average molecular weight is 247 g/mol. The summed E-state index contributed by atoms with van der Waals surface area (Å²) in [5, 5.41) is 18.5. The SMILES string of the molecule is N#CC1(/N=N/C2CCCCCC2)CCCCCC1. The molecule has 18 heavy (non-hydrogen) atoms. The molecular weight excluding hydrogens is 222 g/mol. The highest BCUT2D eigenvalue weighted by molar-refractivity contribution is 5.07. The molecule has 0 saturated heterocycles. The highest BCUT2D eigenvalue weighted by atomic mass is 15.2. The van der Waals surface area contributed by atoms with Crippen molar-refractivity contribution in [1.29, 1.82) is 5.26 Å². The summed E-state index contributed by atoms with van der Waals surface area (Å²) in [4.78, 5) is 0. The zero-order valence-corrected chi connectivity index (χ0v) is 11.4. The highest BCUT2D eigenvalue weighted by Crippen LogP contribution is 2.31. The molecule has 2 saturated carbocycles. The van der Waals surface area contributed by atoms with Gasteiger partial charge in [-0.3, -0.25) is 0 Å². The Hall–Kier alpha value is -0.910. The van der Waals surface area contributed by atoms with E-state index < -0.39 is 5.54 Å². The minimum atomic E-state index is -0.483. The molecule has 0 aromatic heterocycles. The summed E-state index contributed by atoms with van der Waals surface area (Å²) in [6.07, 6.45) is 14.2. The fourth-order valence-electron chi connectivity index (χ4n) is 3.11. The Kier molecular flexibility index (Phi) is 5.16. The summed E-state index contributed by atoms with van der Waals surface area (Å²) in [5.41, 5.74) is -0.483. The molecule has 0 radical (unpaired) electrons. The van der Waals surface area contributed by atoms with Crippen LogP contribution in [0, 0.1) is 11.3 Å². The number of azo groups is 1. The second kappa shape index (κ2) is 6.87. The second-order valence-corrected chi connectivity index (χ2v) is 5.92. The van der Waals surface area contributed by atoms with Gasteiger partial charge in [0.1, 0.15) is 0 Å². The molecule has 0 amide bonds. The lowest BCUT2D eigenvalue weighted by Gasteiger charge is -2.19. The third-order valence-electron chi connectivity index (χ3n) is 4.38. The van der Waals surface area contributed by atoms with E-state index in [0.29, 0.717) is 6.04 Å². The molecule has 2 aliphatic rings. The Bertz CT molecular complexity index is 300. The average Bonchev–Trinajstić information content (AvgIpc) is 2.80. The van der Waals surface area contributed by atoms with E-state index in [9.17, 15) is 5.26 Å². The third kappa shape index (κ3) is 3.80. The van der Waals surface area contributed by atoms with Crippen molar-refractivity contribution in [1.82, 2.24) is 0 Å². The van der Waals surface area contributed by atoms with Gasteiger partial charge < -0.3 is 0 Å². The van der Waals surface area contributed by atoms with Crippen LogP contribution in [-0.2, 0) is 0 Å². The molecule has 0 spiro atoms. The minimum absolute atomic E-state index is 0.390. The molecule has 3 nitrogen and oxygen atoms in total. The normalized spacial score (nSPS) is 26.4. The summed E-state index contributed by atoms with van der Waals surface area (Å²) < 4.78 is 0. The first-order chi connectivity index (χ1) is 8.85. The molecule has 2 aliphatic carbocycles. The topological polar surface area (TPSA) is 48.5 Å². The smallest absolute Gasteiger partial charge is 0.167 e. The van der Waals surface area contributed by atoms with Gasteiger partial charge in [-0.15, -0.1) is 0 Å². The quantitative estimate of drug-likeness (QED) is 0.511. The predicted octanol–water partition coefficient (Wildman–Crippen LogP) is 4.78. The molecule has 0 heterocycles. The fraction of sp³-hybridized carbons (Fsp3) is 0.933. The van der Waals surface area contributed by atoms with Crippen LogP contribution in [0.25, 0.3) is 0 Å². The van der Waals surface area contributed by atoms with Gasteiger partial charge >= 0.3 is 0 Å². The summed E-state index contributed by atoms with van der Waals surface area (Å²) in [6, 6.07) is 2.84. The Morgan fingerprint density at radius 3 is 1.94 bits per heavy atom. The predicted molar refractivity (Wildman–Crippen MR) is 72.4 cm³/mol. The van der Waals surface area contributed by atoms with E-state index in [1.54, 1.807) is 0 Å². The van der Waals surface area contributed by atoms with Crippen LogP contribution in [0.4, 0.5) is 0 Å². The maximum absolute atomic E-state index is 9.45. The molecule has 0 unspecified atom stereocenters. The lowest BCUT2D eigenvalue weighted by Crippen LogP contribution is -2.23. The number of nitriles is 1. The van der Waals surface area contributed by atoms with E-state index in [2.05, 4.69) is 16.3 Å². The zero-order chi connectivity index (χ0) is 12.7. The van der Waals surface area contributed by atoms with Crippen LogP contribution in [-0.4, -0.2) is 11.6 Å². The summed E-state index contributed by atoms with van der Waals surface area (Å²) >= 11 is 0. The summed E-state index contributed by atoms with van der Waals surface area (Å²) in [7, 11) is 0. The van der Waals surface area contributed by atoms with Gasteiger partial charge in [0, 0.05) is 0 Å². The number of hydrogen-bond donors (Lipinski definition) is 0. The minimum Gasteiger partial charge on any atom is -0.196 e. The van der Waals surface area contributed by atoms with E-state index in [-0.39, 0.29) is 0 Å². The van der Waals surface area contributed by atoms with E-state index in [4.69, 9.17) is 0 Å². The van der Waals surface area contributed by atoms with Crippen LogP contribution in [0.5, 0.6) is 0 Å². The van der Waals surface area contributed by atoms with Crippen molar-refractivity contribution in [2.75, 3.05) is 0 Å². The Morgan fingerprint density at radius 1 is 0.833 bits per heavy atom. The molecule has 2 fully saturated rings. The monoisotopic (exact) mass is 247 g/mol. The molecule has 0 aliphatic heterocycles. The summed E-state index contributed by atoms with van der Waals surface area (Å²) in [6.45, 7) is 0. The Morgan fingerprint density at radius 2 is 1.39 bits per heavy atom. The summed E-state index contributed by atoms with van der Waals surface area (Å²) in [5.74, 6) is 0. The van der Waals surface area contributed by atoms with Crippen LogP contribution in [0.2, 0.25) is 0 Å². The van der Waals surface area contributed by atoms with E-state index in [0.717, 1.165) is 25.7 Å². The number of nitrogens with zero attached hydrogens (tertiary/aromatic N) is 3. The van der Waals surface area contributed by atoms with Crippen molar-refractivity contribution in [2.24, 2.45) is 10.2 Å². The Labute approximate surface area is 111 Å². The molecule has 100 valence electrons. The molecule has 3 heteroatoms. The maximum atomic E-state index is 9.45. The molecule has 0 aromatic rings. The Balaban J connectivity index is 1.97. The maximum Gasteiger partial charge on any atom is 0.167 e. The first-order valence-corrected chi connectivity index (χ1v) is 7.68. The van der Waals surface area contributed by atoms with Crippen LogP contribution in [0.1, 0.15) is 77.0 Å². The van der Waals surface area contributed by atoms with Crippen molar-refractivity contribution in [3.8, 4) is 6.07 Å². The molecule has 2 rings (SSSR count). The van der Waals surface area contributed by atoms with Gasteiger partial charge in [0.2, 0.25) is 0 Å². The molecule has 0 bridgehead atoms. The highest BCUT2D eigenvalue weighted by Gasteiger charge is 2.31. The van der Waals surface area contributed by atoms with Crippen LogP contribution in [0.15, 0.2) is 10.2 Å². The van der Waals surface area contributed by atoms with Crippen molar-refractivity contribution < 1.29 is 0 Å². The number of hydrogen-bond acceptors (Lipinski definition) is 3. The van der Waals surface area contributed by atoms with Crippen molar-refractivity contribution >= 4 is 0 Å². The van der Waals surface area contributed by atoms with Gasteiger partial charge in [0.05, 0.1) is 12.1 Å². The fourth-order valence-corrected chi connectivity index (χ4v) is 3.11. The van der Waals surface area contributed by atoms with E-state index in [1.807, 2.05) is 0 Å². The standard InChI is InChI=1S/C15H25N3/c16-13-15(11-7-3-4-8-12-15)18-17-14-9-5-1-2-6-10-14/h14H,1-12H2/b18-17+. The van der Waals surface area contributed by atoms with Crippen molar-refractivity contribution in [3.63, 3.8) is 0 Å². The van der Waals surface area contributed by atoms with E-state index >= 15 is 0 Å². The van der Waals surface area contributed by atoms with Gasteiger partial charge in [-0.2, -0.15) is 15.5 Å². The lowest BCUT2D eigenvalue weighted by molar-refractivity contribution is 0.426. The van der Waals surface area contributed by atoms with Crippen LogP contribution < -0.4 is 0 Å². The van der Waals surface area contributed by atoms with Gasteiger partial charge in [-0.25, -0.2) is 0 Å². The van der Waals surface area contributed by atoms with Crippen molar-refractivity contribution in [2.45, 2.75) is 88.6 Å². The molecule has 0 atom stereocenters. The van der Waals surface area contributed by atoms with Crippen LogP contribution >= 0.6 is 0 Å². The largest absolute Gasteiger partial charge is 0.196 e. The van der Waals surface area contributed by atoms with Gasteiger partial charge in [0.25, 0.3) is 0 Å². The molecule has 0 aromatic carbocycles. The van der Waals surface area contributed by atoms with Crippen molar-refractivity contribution in [3.05, 3.63) is 0 Å². The molecular formula is C15H25N3. The van der Waals surface area contributed by atoms with Gasteiger partial charge in [-0.1, -0.05) is 38.5 Å². The lowest BCUT2D eigenvalue weighted by atomic mass is 9.93. The van der Waals surface area contributed by atoms with E-state index in [1.165, 1.54) is 51.4 Å². The number of rotatable bonds is 2.